The summed E-state index contributed by atoms with van der Waals surface area (Å²) in [6.45, 7) is 0. The molecule has 1 N–H and O–H groups in total. The number of ether oxygens (including phenoxy) is 2. The van der Waals surface area contributed by atoms with E-state index in [1.807, 2.05) is 30.5 Å². The molecule has 0 unspecified atom stereocenters. The smallest absolute Gasteiger partial charge is 0.322 e. The molecule has 0 saturated heterocycles. The molecule has 0 aliphatic heterocycles. The van der Waals surface area contributed by atoms with E-state index in [1.54, 1.807) is 0 Å². The van der Waals surface area contributed by atoms with Crippen LogP contribution in [0.3, 0.4) is 0 Å². The van der Waals surface area contributed by atoms with E-state index >= 15 is 0 Å². The highest BCUT2D eigenvalue weighted by Crippen LogP contribution is 2.23. The zero-order valence-corrected chi connectivity index (χ0v) is 10.5. The van der Waals surface area contributed by atoms with Crippen molar-refractivity contribution in [3.05, 3.63) is 30.5 Å². The van der Waals surface area contributed by atoms with Crippen LogP contribution in [0.4, 0.5) is 0 Å². The quantitative estimate of drug-likeness (QED) is 0.776. The highest BCUT2D eigenvalue weighted by Gasteiger charge is 2.09. The van der Waals surface area contributed by atoms with Crippen molar-refractivity contribution in [3.63, 3.8) is 0 Å². The van der Waals surface area contributed by atoms with Crippen molar-refractivity contribution in [2.24, 2.45) is 0 Å². The van der Waals surface area contributed by atoms with E-state index in [-0.39, 0.29) is 12.0 Å². The van der Waals surface area contributed by atoms with E-state index in [4.69, 9.17) is 9.47 Å². The fourth-order valence-corrected chi connectivity index (χ4v) is 1.84. The molecular formula is C13H12N4O2. The van der Waals surface area contributed by atoms with Crippen LogP contribution < -0.4 is 9.47 Å². The molecule has 0 atom stereocenters. The van der Waals surface area contributed by atoms with Gasteiger partial charge in [-0.25, -0.2) is 0 Å². The van der Waals surface area contributed by atoms with Crippen molar-refractivity contribution in [3.8, 4) is 23.4 Å². The summed E-state index contributed by atoms with van der Waals surface area (Å²) in [5.74, 6) is 0.520. The van der Waals surface area contributed by atoms with Gasteiger partial charge < -0.3 is 14.5 Å². The second kappa shape index (κ2) is 4.56. The van der Waals surface area contributed by atoms with Crippen LogP contribution in [-0.2, 0) is 0 Å². The molecule has 0 aliphatic rings. The van der Waals surface area contributed by atoms with Crippen LogP contribution in [0.1, 0.15) is 0 Å². The average molecular weight is 256 g/mol. The lowest BCUT2D eigenvalue weighted by atomic mass is 10.1. The van der Waals surface area contributed by atoms with Gasteiger partial charge >= 0.3 is 12.0 Å². The maximum Gasteiger partial charge on any atom is 0.322 e. The third-order valence-electron chi connectivity index (χ3n) is 2.77. The number of hydrogen-bond acceptors (Lipinski definition) is 5. The number of aromatic amines is 1. The Morgan fingerprint density at radius 1 is 0.947 bits per heavy atom. The van der Waals surface area contributed by atoms with Crippen LogP contribution in [-0.4, -0.2) is 34.2 Å². The fourth-order valence-electron chi connectivity index (χ4n) is 1.84. The van der Waals surface area contributed by atoms with Gasteiger partial charge in [0.05, 0.1) is 14.2 Å². The van der Waals surface area contributed by atoms with Crippen molar-refractivity contribution in [2.75, 3.05) is 14.2 Å². The molecule has 6 nitrogen and oxygen atoms in total. The molecule has 1 aromatic carbocycles. The highest BCUT2D eigenvalue weighted by molar-refractivity contribution is 5.83. The van der Waals surface area contributed by atoms with Crippen LogP contribution in [0.5, 0.6) is 12.0 Å². The molecule has 2 heterocycles. The Morgan fingerprint density at radius 3 is 2.37 bits per heavy atom. The molecule has 19 heavy (non-hydrogen) atoms. The molecule has 6 heteroatoms. The van der Waals surface area contributed by atoms with Crippen LogP contribution in [0.15, 0.2) is 30.5 Å². The minimum absolute atomic E-state index is 0.232. The minimum atomic E-state index is 0.232. The molecule has 0 spiro atoms. The Balaban J connectivity index is 2.13. The average Bonchev–Trinajstić information content (AvgIpc) is 2.94. The van der Waals surface area contributed by atoms with Crippen molar-refractivity contribution in [2.45, 2.75) is 0 Å². The Bertz CT molecular complexity index is 701. The zero-order chi connectivity index (χ0) is 13.2. The summed E-state index contributed by atoms with van der Waals surface area (Å²) in [5, 5.41) is 1.09. The second-order valence-corrected chi connectivity index (χ2v) is 3.91. The predicted molar refractivity (Wildman–Crippen MR) is 70.2 cm³/mol. The van der Waals surface area contributed by atoms with Gasteiger partial charge in [-0.2, -0.15) is 9.97 Å². The monoisotopic (exact) mass is 256 g/mol. The normalized spacial score (nSPS) is 10.6. The van der Waals surface area contributed by atoms with Gasteiger partial charge in [-0.15, -0.1) is 4.98 Å². The first-order valence-corrected chi connectivity index (χ1v) is 5.72. The lowest BCUT2D eigenvalue weighted by molar-refractivity contribution is 0.341. The standard InChI is InChI=1S/C13H12N4O2/c1-18-12-15-11(16-13(17-12)19-2)9-3-4-10-8(7-9)5-6-14-10/h3-7,14H,1-2H3. The topological polar surface area (TPSA) is 72.9 Å². The predicted octanol–water partition coefficient (Wildman–Crippen LogP) is 2.04. The minimum Gasteiger partial charge on any atom is -0.467 e. The van der Waals surface area contributed by atoms with Crippen LogP contribution in [0.25, 0.3) is 22.3 Å². The number of nitrogens with zero attached hydrogens (tertiary/aromatic N) is 3. The Hall–Kier alpha value is -2.63. The first-order valence-electron chi connectivity index (χ1n) is 5.72. The second-order valence-electron chi connectivity index (χ2n) is 3.91. The number of H-pyrrole nitrogens is 1. The van der Waals surface area contributed by atoms with Gasteiger partial charge in [0.2, 0.25) is 0 Å². The summed E-state index contributed by atoms with van der Waals surface area (Å²) in [6, 6.07) is 8.38. The van der Waals surface area contributed by atoms with E-state index < -0.39 is 0 Å². The SMILES string of the molecule is COc1nc(OC)nc(-c2ccc3[nH]ccc3c2)n1. The Labute approximate surface area is 109 Å². The number of hydrogen-bond donors (Lipinski definition) is 1. The van der Waals surface area contributed by atoms with Gasteiger partial charge in [0.1, 0.15) is 0 Å². The summed E-state index contributed by atoms with van der Waals surface area (Å²) in [6.07, 6.45) is 1.89. The lowest BCUT2D eigenvalue weighted by Crippen LogP contribution is -2.00. The number of rotatable bonds is 3. The molecular weight excluding hydrogens is 244 g/mol. The molecule has 0 bridgehead atoms. The van der Waals surface area contributed by atoms with Crippen LogP contribution in [0.2, 0.25) is 0 Å². The first-order chi connectivity index (χ1) is 9.30. The number of benzene rings is 1. The van der Waals surface area contributed by atoms with Gasteiger partial charge in [0, 0.05) is 22.7 Å². The fraction of sp³-hybridized carbons (Fsp3) is 0.154. The Kier molecular flexibility index (Phi) is 2.75. The molecule has 0 fully saturated rings. The van der Waals surface area contributed by atoms with E-state index in [1.165, 1.54) is 14.2 Å². The van der Waals surface area contributed by atoms with E-state index in [9.17, 15) is 0 Å². The van der Waals surface area contributed by atoms with Crippen molar-refractivity contribution < 1.29 is 9.47 Å². The number of fused-ring (bicyclic) bond motifs is 1. The molecule has 0 amide bonds. The van der Waals surface area contributed by atoms with Crippen molar-refractivity contribution in [1.29, 1.82) is 0 Å². The van der Waals surface area contributed by atoms with E-state index in [2.05, 4.69) is 19.9 Å². The summed E-state index contributed by atoms with van der Waals surface area (Å²) in [7, 11) is 3.02. The highest BCUT2D eigenvalue weighted by atomic mass is 16.5. The molecule has 0 radical (unpaired) electrons. The largest absolute Gasteiger partial charge is 0.467 e. The zero-order valence-electron chi connectivity index (χ0n) is 10.5. The van der Waals surface area contributed by atoms with Gasteiger partial charge in [-0.1, -0.05) is 0 Å². The first kappa shape index (κ1) is 11.5. The van der Waals surface area contributed by atoms with Crippen LogP contribution >= 0.6 is 0 Å². The number of nitrogens with one attached hydrogen (secondary N) is 1. The number of aromatic nitrogens is 4. The van der Waals surface area contributed by atoms with E-state index in [0.717, 1.165) is 16.5 Å². The third-order valence-corrected chi connectivity index (χ3v) is 2.77. The summed E-state index contributed by atoms with van der Waals surface area (Å²) < 4.78 is 10.1. The Morgan fingerprint density at radius 2 is 1.68 bits per heavy atom. The lowest BCUT2D eigenvalue weighted by Gasteiger charge is -2.05. The van der Waals surface area contributed by atoms with Crippen molar-refractivity contribution >= 4 is 10.9 Å². The molecule has 3 aromatic rings. The molecule has 0 saturated carbocycles. The maximum atomic E-state index is 5.04. The summed E-state index contributed by atoms with van der Waals surface area (Å²) in [4.78, 5) is 15.6. The maximum absolute atomic E-state index is 5.04. The molecule has 3 rings (SSSR count). The van der Waals surface area contributed by atoms with Gasteiger partial charge in [-0.05, 0) is 24.3 Å². The van der Waals surface area contributed by atoms with E-state index in [0.29, 0.717) is 5.82 Å². The number of methoxy groups -OCH3 is 2. The molecule has 2 aromatic heterocycles. The van der Waals surface area contributed by atoms with Gasteiger partial charge in [-0.3, -0.25) is 0 Å². The van der Waals surface area contributed by atoms with Gasteiger partial charge in [0.25, 0.3) is 0 Å². The molecule has 0 aliphatic carbocycles. The van der Waals surface area contributed by atoms with Crippen LogP contribution in [0, 0.1) is 0 Å². The molecule has 96 valence electrons. The third kappa shape index (κ3) is 2.08. The summed E-state index contributed by atoms with van der Waals surface area (Å²) >= 11 is 0. The summed E-state index contributed by atoms with van der Waals surface area (Å²) in [5.41, 5.74) is 1.95. The van der Waals surface area contributed by atoms with Crippen molar-refractivity contribution in [1.82, 2.24) is 19.9 Å². The van der Waals surface area contributed by atoms with Gasteiger partial charge in [0.15, 0.2) is 5.82 Å².